The van der Waals surface area contributed by atoms with Crippen molar-refractivity contribution in [3.05, 3.63) is 64.5 Å². The van der Waals surface area contributed by atoms with Crippen molar-refractivity contribution in [1.82, 2.24) is 0 Å². The van der Waals surface area contributed by atoms with Gasteiger partial charge < -0.3 is 19.3 Å². The Morgan fingerprint density at radius 2 is 2.03 bits per heavy atom. The van der Waals surface area contributed by atoms with E-state index in [1.54, 1.807) is 19.2 Å². The molecule has 1 fully saturated rings. The van der Waals surface area contributed by atoms with Crippen LogP contribution < -0.4 is 4.74 Å². The fourth-order valence-electron chi connectivity index (χ4n) is 4.15. The topological polar surface area (TPSA) is 65.0 Å². The molecule has 0 spiro atoms. The minimum absolute atomic E-state index is 0.117. The molecule has 0 radical (unpaired) electrons. The van der Waals surface area contributed by atoms with Gasteiger partial charge in [0.05, 0.1) is 20.3 Å². The molecule has 2 aliphatic rings. The molecule has 1 aliphatic carbocycles. The van der Waals surface area contributed by atoms with Gasteiger partial charge in [0.25, 0.3) is 0 Å². The van der Waals surface area contributed by atoms with E-state index >= 15 is 0 Å². The van der Waals surface area contributed by atoms with E-state index in [2.05, 4.69) is 32.1 Å². The standard InChI is InChI=1S/C24H30O5/c1-15-5-7-20(27-3)12-19(11-15)16(2)17-9-10-29-23(14-17)18-6-8-22(28-4)21(13-18)24(25)26/h6-8,11-13,16-17,23H,5,9-10,14H2,1-4H3,(H,25,26). The Morgan fingerprint density at radius 3 is 2.72 bits per heavy atom. The second-order valence-electron chi connectivity index (χ2n) is 7.85. The van der Waals surface area contributed by atoms with Crippen LogP contribution in [-0.4, -0.2) is 31.9 Å². The Kier molecular flexibility index (Phi) is 6.80. The average molecular weight is 398 g/mol. The number of carboxylic acids is 1. The Hall–Kier alpha value is -2.53. The van der Waals surface area contributed by atoms with E-state index in [4.69, 9.17) is 14.2 Å². The van der Waals surface area contributed by atoms with Gasteiger partial charge in [-0.05, 0) is 73.4 Å². The van der Waals surface area contributed by atoms with Gasteiger partial charge in [-0.1, -0.05) is 24.6 Å². The van der Waals surface area contributed by atoms with Crippen molar-refractivity contribution in [1.29, 1.82) is 0 Å². The largest absolute Gasteiger partial charge is 0.497 e. The number of hydrogen-bond donors (Lipinski definition) is 1. The summed E-state index contributed by atoms with van der Waals surface area (Å²) in [5.41, 5.74) is 3.66. The second-order valence-corrected chi connectivity index (χ2v) is 7.85. The summed E-state index contributed by atoms with van der Waals surface area (Å²) in [6, 6.07) is 5.30. The van der Waals surface area contributed by atoms with Crippen molar-refractivity contribution in [2.24, 2.45) is 11.8 Å². The highest BCUT2D eigenvalue weighted by Gasteiger charge is 2.30. The van der Waals surface area contributed by atoms with Crippen molar-refractivity contribution in [3.8, 4) is 5.75 Å². The predicted octanol–water partition coefficient (Wildman–Crippen LogP) is 5.30. The fourth-order valence-corrected chi connectivity index (χ4v) is 4.15. The lowest BCUT2D eigenvalue weighted by molar-refractivity contribution is -0.0186. The number of ether oxygens (including phenoxy) is 3. The van der Waals surface area contributed by atoms with Gasteiger partial charge in [0.15, 0.2) is 0 Å². The monoisotopic (exact) mass is 398 g/mol. The first-order valence-electron chi connectivity index (χ1n) is 10.1. The minimum Gasteiger partial charge on any atom is -0.497 e. The molecule has 1 aromatic rings. The molecule has 29 heavy (non-hydrogen) atoms. The Morgan fingerprint density at radius 1 is 1.24 bits per heavy atom. The predicted molar refractivity (Wildman–Crippen MR) is 112 cm³/mol. The average Bonchev–Trinajstić information content (AvgIpc) is 2.94. The van der Waals surface area contributed by atoms with Crippen LogP contribution in [0.15, 0.2) is 53.3 Å². The van der Waals surface area contributed by atoms with Crippen LogP contribution in [0.4, 0.5) is 0 Å². The number of carbonyl (C=O) groups is 1. The van der Waals surface area contributed by atoms with Gasteiger partial charge in [-0.2, -0.15) is 0 Å². The smallest absolute Gasteiger partial charge is 0.339 e. The van der Waals surface area contributed by atoms with E-state index in [-0.39, 0.29) is 11.7 Å². The SMILES string of the molecule is COC1=CCC(C)=CC(C(C)C2CCOC(c3ccc(OC)c(C(=O)O)c3)C2)=C1. The molecule has 1 aromatic carbocycles. The van der Waals surface area contributed by atoms with Crippen molar-refractivity contribution in [3.63, 3.8) is 0 Å². The first-order chi connectivity index (χ1) is 13.9. The van der Waals surface area contributed by atoms with Crippen LogP contribution in [0.25, 0.3) is 0 Å². The molecule has 0 bridgehead atoms. The highest BCUT2D eigenvalue weighted by Crippen LogP contribution is 2.40. The third-order valence-corrected chi connectivity index (χ3v) is 5.97. The minimum atomic E-state index is -0.993. The second kappa shape index (κ2) is 9.31. The molecule has 5 heteroatoms. The lowest BCUT2D eigenvalue weighted by Gasteiger charge is -2.34. The van der Waals surface area contributed by atoms with Gasteiger partial charge in [-0.15, -0.1) is 0 Å². The third-order valence-electron chi connectivity index (χ3n) is 5.97. The molecule has 1 heterocycles. The van der Waals surface area contributed by atoms with Gasteiger partial charge in [0, 0.05) is 6.61 Å². The van der Waals surface area contributed by atoms with Crippen LogP contribution in [0.5, 0.6) is 5.75 Å². The maximum absolute atomic E-state index is 11.6. The molecule has 0 saturated carbocycles. The third kappa shape index (κ3) is 4.91. The van der Waals surface area contributed by atoms with E-state index in [1.165, 1.54) is 18.3 Å². The molecule has 3 unspecified atom stereocenters. The van der Waals surface area contributed by atoms with Gasteiger partial charge in [0.2, 0.25) is 0 Å². The van der Waals surface area contributed by atoms with E-state index < -0.39 is 5.97 Å². The first-order valence-corrected chi connectivity index (χ1v) is 10.1. The summed E-state index contributed by atoms with van der Waals surface area (Å²) in [7, 11) is 3.19. The first kappa shape index (κ1) is 21.2. The molecule has 1 saturated heterocycles. The van der Waals surface area contributed by atoms with Crippen molar-refractivity contribution in [2.75, 3.05) is 20.8 Å². The van der Waals surface area contributed by atoms with Crippen molar-refractivity contribution >= 4 is 5.97 Å². The molecular formula is C24H30O5. The summed E-state index contributed by atoms with van der Waals surface area (Å²) >= 11 is 0. The van der Waals surface area contributed by atoms with Crippen LogP contribution in [-0.2, 0) is 9.47 Å². The molecule has 1 N–H and O–H groups in total. The number of aromatic carboxylic acids is 1. The maximum Gasteiger partial charge on any atom is 0.339 e. The van der Waals surface area contributed by atoms with Gasteiger partial charge in [-0.25, -0.2) is 4.79 Å². The van der Waals surface area contributed by atoms with E-state index in [9.17, 15) is 9.90 Å². The number of carboxylic acid groups (broad SMARTS) is 1. The summed E-state index contributed by atoms with van der Waals surface area (Å²) in [6.07, 6.45) is 9.14. The summed E-state index contributed by atoms with van der Waals surface area (Å²) in [5.74, 6) is 1.07. The molecule has 5 nitrogen and oxygen atoms in total. The summed E-state index contributed by atoms with van der Waals surface area (Å²) in [6.45, 7) is 5.07. The number of rotatable bonds is 6. The fraction of sp³-hybridized carbons (Fsp3) is 0.458. The number of allylic oxidation sites excluding steroid dienone is 5. The lowest BCUT2D eigenvalue weighted by Crippen LogP contribution is -2.25. The summed E-state index contributed by atoms with van der Waals surface area (Å²) < 4.78 is 16.7. The van der Waals surface area contributed by atoms with Crippen LogP contribution in [0.1, 0.15) is 55.1 Å². The van der Waals surface area contributed by atoms with E-state index in [0.29, 0.717) is 24.2 Å². The lowest BCUT2D eigenvalue weighted by atomic mass is 9.78. The molecule has 3 rings (SSSR count). The van der Waals surface area contributed by atoms with Gasteiger partial charge in [0.1, 0.15) is 17.1 Å². The normalized spacial score (nSPS) is 23.2. The Labute approximate surface area is 172 Å². The Bertz CT molecular complexity index is 849. The summed E-state index contributed by atoms with van der Waals surface area (Å²) in [5, 5.41) is 9.48. The molecule has 0 amide bonds. The van der Waals surface area contributed by atoms with Crippen LogP contribution >= 0.6 is 0 Å². The van der Waals surface area contributed by atoms with Crippen molar-refractivity contribution in [2.45, 2.75) is 39.2 Å². The van der Waals surface area contributed by atoms with E-state index in [1.807, 2.05) is 6.07 Å². The molecule has 1 aliphatic heterocycles. The number of methoxy groups -OCH3 is 2. The molecular weight excluding hydrogens is 368 g/mol. The maximum atomic E-state index is 11.6. The van der Waals surface area contributed by atoms with Crippen molar-refractivity contribution < 1.29 is 24.1 Å². The van der Waals surface area contributed by atoms with E-state index in [0.717, 1.165) is 30.6 Å². The zero-order valence-electron chi connectivity index (χ0n) is 17.6. The van der Waals surface area contributed by atoms with Gasteiger partial charge in [-0.3, -0.25) is 0 Å². The number of benzene rings is 1. The molecule has 3 atom stereocenters. The Balaban J connectivity index is 1.81. The zero-order chi connectivity index (χ0) is 21.0. The molecule has 156 valence electrons. The number of hydrogen-bond acceptors (Lipinski definition) is 4. The zero-order valence-corrected chi connectivity index (χ0v) is 17.6. The molecule has 0 aromatic heterocycles. The van der Waals surface area contributed by atoms with Crippen LogP contribution in [0, 0.1) is 11.8 Å². The quantitative estimate of drug-likeness (QED) is 0.704. The highest BCUT2D eigenvalue weighted by atomic mass is 16.5. The summed E-state index contributed by atoms with van der Waals surface area (Å²) in [4.78, 5) is 11.6. The van der Waals surface area contributed by atoms with Crippen LogP contribution in [0.2, 0.25) is 0 Å². The van der Waals surface area contributed by atoms with Gasteiger partial charge >= 0.3 is 5.97 Å². The van der Waals surface area contributed by atoms with Crippen LogP contribution in [0.3, 0.4) is 0 Å². The highest BCUT2D eigenvalue weighted by molar-refractivity contribution is 5.91.